The number of sulfonamides is 1. The quantitative estimate of drug-likeness (QED) is 0.835. The summed E-state index contributed by atoms with van der Waals surface area (Å²) in [6.07, 6.45) is 3.04. The molecular formula is C11H17N3O3S. The van der Waals surface area contributed by atoms with Crippen molar-refractivity contribution in [3.63, 3.8) is 0 Å². The lowest BCUT2D eigenvalue weighted by Gasteiger charge is -2.33. The van der Waals surface area contributed by atoms with E-state index in [1.165, 1.54) is 12.3 Å². The predicted molar refractivity (Wildman–Crippen MR) is 67.4 cm³/mol. The summed E-state index contributed by atoms with van der Waals surface area (Å²) >= 11 is 0. The number of pyridine rings is 1. The van der Waals surface area contributed by atoms with Crippen LogP contribution in [0.25, 0.3) is 0 Å². The summed E-state index contributed by atoms with van der Waals surface area (Å²) in [4.78, 5) is 3.80. The van der Waals surface area contributed by atoms with Gasteiger partial charge in [0.1, 0.15) is 10.7 Å². The molecule has 18 heavy (non-hydrogen) atoms. The second kappa shape index (κ2) is 4.83. The second-order valence-corrected chi connectivity index (χ2v) is 6.36. The summed E-state index contributed by atoms with van der Waals surface area (Å²) in [6.45, 7) is 2.87. The summed E-state index contributed by atoms with van der Waals surface area (Å²) in [7, 11) is -3.67. The van der Waals surface area contributed by atoms with E-state index in [4.69, 9.17) is 10.5 Å². The fourth-order valence-electron chi connectivity index (χ4n) is 2.02. The molecule has 1 aromatic heterocycles. The summed E-state index contributed by atoms with van der Waals surface area (Å²) in [5.41, 5.74) is 5.01. The smallest absolute Gasteiger partial charge is 0.244 e. The minimum Gasteiger partial charge on any atom is -0.383 e. The SMILES string of the molecule is CC1(NS(=O)(=O)c2cccnc2N)CCCOC1. The number of nitrogen functional groups attached to an aromatic ring is 1. The molecule has 0 bridgehead atoms. The average molecular weight is 271 g/mol. The van der Waals surface area contributed by atoms with Gasteiger partial charge in [0.15, 0.2) is 0 Å². The molecule has 0 radical (unpaired) electrons. The largest absolute Gasteiger partial charge is 0.383 e. The van der Waals surface area contributed by atoms with Gasteiger partial charge in [-0.1, -0.05) is 0 Å². The van der Waals surface area contributed by atoms with Crippen LogP contribution >= 0.6 is 0 Å². The summed E-state index contributed by atoms with van der Waals surface area (Å²) in [5, 5.41) is 0. The van der Waals surface area contributed by atoms with Crippen molar-refractivity contribution in [3.05, 3.63) is 18.3 Å². The Hall–Kier alpha value is -1.18. The van der Waals surface area contributed by atoms with Gasteiger partial charge in [-0.25, -0.2) is 18.1 Å². The number of anilines is 1. The monoisotopic (exact) mass is 271 g/mol. The van der Waals surface area contributed by atoms with Crippen molar-refractivity contribution in [3.8, 4) is 0 Å². The van der Waals surface area contributed by atoms with E-state index in [0.717, 1.165) is 12.8 Å². The van der Waals surface area contributed by atoms with E-state index < -0.39 is 15.6 Å². The zero-order valence-electron chi connectivity index (χ0n) is 10.2. The van der Waals surface area contributed by atoms with Crippen molar-refractivity contribution in [1.82, 2.24) is 9.71 Å². The molecule has 2 rings (SSSR count). The van der Waals surface area contributed by atoms with Crippen LogP contribution in [0.4, 0.5) is 5.82 Å². The molecule has 0 spiro atoms. The maximum atomic E-state index is 12.2. The molecule has 0 saturated carbocycles. The van der Waals surface area contributed by atoms with Crippen LogP contribution < -0.4 is 10.5 Å². The highest BCUT2D eigenvalue weighted by Gasteiger charge is 2.33. The van der Waals surface area contributed by atoms with Crippen LogP contribution in [0.15, 0.2) is 23.2 Å². The van der Waals surface area contributed by atoms with Crippen LogP contribution in [0.5, 0.6) is 0 Å². The van der Waals surface area contributed by atoms with E-state index in [1.54, 1.807) is 6.07 Å². The maximum absolute atomic E-state index is 12.2. The molecule has 7 heteroatoms. The van der Waals surface area contributed by atoms with Gasteiger partial charge in [0.25, 0.3) is 0 Å². The highest BCUT2D eigenvalue weighted by molar-refractivity contribution is 7.89. The van der Waals surface area contributed by atoms with Gasteiger partial charge in [-0.2, -0.15) is 0 Å². The van der Waals surface area contributed by atoms with E-state index in [-0.39, 0.29) is 10.7 Å². The van der Waals surface area contributed by atoms with Gasteiger partial charge >= 0.3 is 0 Å². The lowest BCUT2D eigenvalue weighted by molar-refractivity contribution is 0.0386. The molecule has 100 valence electrons. The maximum Gasteiger partial charge on any atom is 0.244 e. The van der Waals surface area contributed by atoms with Gasteiger partial charge in [0.2, 0.25) is 10.0 Å². The molecule has 6 nitrogen and oxygen atoms in total. The van der Waals surface area contributed by atoms with Crippen LogP contribution in [0, 0.1) is 0 Å². The Morgan fingerprint density at radius 1 is 1.56 bits per heavy atom. The van der Waals surface area contributed by atoms with Crippen molar-refractivity contribution in [1.29, 1.82) is 0 Å². The zero-order valence-corrected chi connectivity index (χ0v) is 11.0. The summed E-state index contributed by atoms with van der Waals surface area (Å²) in [6, 6.07) is 2.99. The lowest BCUT2D eigenvalue weighted by Crippen LogP contribution is -2.51. The zero-order chi connectivity index (χ0) is 13.2. The Bertz CT molecular complexity index is 524. The number of nitrogens with one attached hydrogen (secondary N) is 1. The van der Waals surface area contributed by atoms with Crippen LogP contribution in [0.1, 0.15) is 19.8 Å². The van der Waals surface area contributed by atoms with E-state index in [9.17, 15) is 8.42 Å². The minimum atomic E-state index is -3.67. The molecule has 1 atom stereocenters. The number of aromatic nitrogens is 1. The van der Waals surface area contributed by atoms with Crippen LogP contribution in [-0.4, -0.2) is 32.2 Å². The third kappa shape index (κ3) is 2.80. The fraction of sp³-hybridized carbons (Fsp3) is 0.545. The normalized spacial score (nSPS) is 24.9. The molecule has 0 aromatic carbocycles. The van der Waals surface area contributed by atoms with Crippen molar-refractivity contribution >= 4 is 15.8 Å². The standard InChI is InChI=1S/C11H17N3O3S/c1-11(5-3-7-17-8-11)14-18(15,16)9-4-2-6-13-10(9)12/h2,4,6,14H,3,5,7-8H2,1H3,(H2,12,13). The predicted octanol–water partition coefficient (Wildman–Crippen LogP) is 0.511. The summed E-state index contributed by atoms with van der Waals surface area (Å²) < 4.78 is 32.5. The summed E-state index contributed by atoms with van der Waals surface area (Å²) in [5.74, 6) is 0.00493. The van der Waals surface area contributed by atoms with Gasteiger partial charge in [-0.3, -0.25) is 0 Å². The van der Waals surface area contributed by atoms with Gasteiger partial charge in [0, 0.05) is 12.8 Å². The number of nitrogens with zero attached hydrogens (tertiary/aromatic N) is 1. The average Bonchev–Trinajstić information content (AvgIpc) is 2.28. The van der Waals surface area contributed by atoms with E-state index in [1.807, 2.05) is 6.92 Å². The Balaban J connectivity index is 2.25. The van der Waals surface area contributed by atoms with Gasteiger partial charge in [-0.15, -0.1) is 0 Å². The van der Waals surface area contributed by atoms with Crippen LogP contribution in [0.3, 0.4) is 0 Å². The molecule has 1 unspecified atom stereocenters. The van der Waals surface area contributed by atoms with Crippen LogP contribution in [-0.2, 0) is 14.8 Å². The number of nitrogens with two attached hydrogens (primary N) is 1. The van der Waals surface area contributed by atoms with Crippen molar-refractivity contribution in [2.24, 2.45) is 0 Å². The Kier molecular flexibility index (Phi) is 3.56. The first-order chi connectivity index (χ1) is 8.43. The topological polar surface area (TPSA) is 94.3 Å². The number of hydrogen-bond acceptors (Lipinski definition) is 5. The fourth-order valence-corrected chi connectivity index (χ4v) is 3.53. The van der Waals surface area contributed by atoms with Crippen molar-refractivity contribution in [2.45, 2.75) is 30.2 Å². The molecule has 1 saturated heterocycles. The minimum absolute atomic E-state index is 0.00493. The molecule has 3 N–H and O–H groups in total. The highest BCUT2D eigenvalue weighted by Crippen LogP contribution is 2.23. The number of hydrogen-bond donors (Lipinski definition) is 2. The molecule has 0 aliphatic carbocycles. The molecule has 1 aliphatic heterocycles. The van der Waals surface area contributed by atoms with E-state index in [0.29, 0.717) is 13.2 Å². The second-order valence-electron chi connectivity index (χ2n) is 4.71. The molecule has 2 heterocycles. The first kappa shape index (κ1) is 13.3. The lowest BCUT2D eigenvalue weighted by atomic mass is 9.97. The van der Waals surface area contributed by atoms with Crippen molar-refractivity contribution < 1.29 is 13.2 Å². The Labute approximate surface area is 107 Å². The number of ether oxygens (including phenoxy) is 1. The molecule has 1 aliphatic rings. The van der Waals surface area contributed by atoms with E-state index in [2.05, 4.69) is 9.71 Å². The highest BCUT2D eigenvalue weighted by atomic mass is 32.2. The van der Waals surface area contributed by atoms with Gasteiger partial charge in [0.05, 0.1) is 12.1 Å². The van der Waals surface area contributed by atoms with Crippen molar-refractivity contribution in [2.75, 3.05) is 18.9 Å². The van der Waals surface area contributed by atoms with E-state index >= 15 is 0 Å². The molecule has 1 aromatic rings. The first-order valence-electron chi connectivity index (χ1n) is 5.75. The number of rotatable bonds is 3. The van der Waals surface area contributed by atoms with Gasteiger partial charge < -0.3 is 10.5 Å². The Morgan fingerprint density at radius 3 is 2.94 bits per heavy atom. The van der Waals surface area contributed by atoms with Crippen LogP contribution in [0.2, 0.25) is 0 Å². The molecular weight excluding hydrogens is 254 g/mol. The molecule has 1 fully saturated rings. The Morgan fingerprint density at radius 2 is 2.33 bits per heavy atom. The van der Waals surface area contributed by atoms with Gasteiger partial charge in [-0.05, 0) is 31.9 Å². The third-order valence-corrected chi connectivity index (χ3v) is 4.59. The first-order valence-corrected chi connectivity index (χ1v) is 7.24. The molecule has 0 amide bonds. The third-order valence-electron chi connectivity index (χ3n) is 2.91.